The van der Waals surface area contributed by atoms with E-state index in [2.05, 4.69) is 53.0 Å². The predicted octanol–water partition coefficient (Wildman–Crippen LogP) is 2.80. The molecule has 1 unspecified atom stereocenters. The minimum atomic E-state index is -0.329. The number of benzene rings is 1. The van der Waals surface area contributed by atoms with E-state index in [0.717, 1.165) is 24.1 Å². The number of hydrogen-bond donors (Lipinski definition) is 2. The molecule has 0 saturated carbocycles. The van der Waals surface area contributed by atoms with Crippen LogP contribution in [0.4, 0.5) is 0 Å². The lowest BCUT2D eigenvalue weighted by Crippen LogP contribution is -2.38. The maximum atomic E-state index is 10.0. The maximum Gasteiger partial charge on any atom is 0.0791 e. The molecule has 0 aliphatic carbocycles. The molecule has 108 valence electrons. The number of nitrogens with zero attached hydrogens (tertiary/aromatic N) is 1. The van der Waals surface area contributed by atoms with E-state index in [9.17, 15) is 5.11 Å². The SMILES string of the molecule is CCN(CC)CC(O)CN[C@@H](C)c1ccccc1Br. The van der Waals surface area contributed by atoms with Crippen molar-refractivity contribution in [1.82, 2.24) is 10.2 Å². The van der Waals surface area contributed by atoms with Crippen molar-refractivity contribution < 1.29 is 5.11 Å². The summed E-state index contributed by atoms with van der Waals surface area (Å²) in [7, 11) is 0. The molecule has 1 rings (SSSR count). The van der Waals surface area contributed by atoms with Crippen LogP contribution in [0.1, 0.15) is 32.4 Å². The second kappa shape index (κ2) is 8.69. The number of halogens is 1. The second-order valence-electron chi connectivity index (χ2n) is 4.79. The molecule has 3 nitrogen and oxygen atoms in total. The van der Waals surface area contributed by atoms with Gasteiger partial charge in [-0.05, 0) is 31.6 Å². The van der Waals surface area contributed by atoms with Crippen LogP contribution in [-0.2, 0) is 0 Å². The third-order valence-corrected chi connectivity index (χ3v) is 4.12. The van der Waals surface area contributed by atoms with Crippen LogP contribution in [0.2, 0.25) is 0 Å². The first-order chi connectivity index (χ1) is 9.08. The molecule has 1 aromatic carbocycles. The summed E-state index contributed by atoms with van der Waals surface area (Å²) in [6, 6.07) is 8.40. The molecular formula is C15H25BrN2O. The summed E-state index contributed by atoms with van der Waals surface area (Å²) in [6.07, 6.45) is -0.329. The van der Waals surface area contributed by atoms with Crippen molar-refractivity contribution in [2.24, 2.45) is 0 Å². The minimum Gasteiger partial charge on any atom is -0.390 e. The van der Waals surface area contributed by atoms with Crippen LogP contribution in [-0.4, -0.2) is 42.3 Å². The molecule has 2 N–H and O–H groups in total. The van der Waals surface area contributed by atoms with E-state index in [1.54, 1.807) is 0 Å². The molecule has 0 aromatic heterocycles. The number of aliphatic hydroxyl groups excluding tert-OH is 1. The zero-order chi connectivity index (χ0) is 14.3. The number of hydrogen-bond acceptors (Lipinski definition) is 3. The summed E-state index contributed by atoms with van der Waals surface area (Å²) in [5.41, 5.74) is 1.22. The van der Waals surface area contributed by atoms with Gasteiger partial charge in [0.2, 0.25) is 0 Å². The quantitative estimate of drug-likeness (QED) is 0.770. The summed E-state index contributed by atoms with van der Waals surface area (Å²) in [6.45, 7) is 9.65. The Hall–Kier alpha value is -0.420. The van der Waals surface area contributed by atoms with E-state index in [4.69, 9.17) is 0 Å². The topological polar surface area (TPSA) is 35.5 Å². The van der Waals surface area contributed by atoms with Gasteiger partial charge in [-0.2, -0.15) is 0 Å². The van der Waals surface area contributed by atoms with Gasteiger partial charge in [0.1, 0.15) is 0 Å². The van der Waals surface area contributed by atoms with Crippen molar-refractivity contribution in [2.75, 3.05) is 26.2 Å². The fraction of sp³-hybridized carbons (Fsp3) is 0.600. The third kappa shape index (κ3) is 5.61. The van der Waals surface area contributed by atoms with Crippen molar-refractivity contribution in [3.8, 4) is 0 Å². The van der Waals surface area contributed by atoms with E-state index >= 15 is 0 Å². The number of rotatable bonds is 8. The average Bonchev–Trinajstić information content (AvgIpc) is 2.42. The van der Waals surface area contributed by atoms with E-state index < -0.39 is 0 Å². The van der Waals surface area contributed by atoms with Crippen LogP contribution in [0.5, 0.6) is 0 Å². The second-order valence-corrected chi connectivity index (χ2v) is 5.65. The summed E-state index contributed by atoms with van der Waals surface area (Å²) >= 11 is 3.56. The molecular weight excluding hydrogens is 304 g/mol. The van der Waals surface area contributed by atoms with Crippen molar-refractivity contribution in [2.45, 2.75) is 32.9 Å². The lowest BCUT2D eigenvalue weighted by Gasteiger charge is -2.24. The summed E-state index contributed by atoms with van der Waals surface area (Å²) in [5, 5.41) is 13.4. The molecule has 0 amide bonds. The first kappa shape index (κ1) is 16.6. The van der Waals surface area contributed by atoms with Crippen LogP contribution < -0.4 is 5.32 Å². The first-order valence-corrected chi connectivity index (χ1v) is 7.76. The van der Waals surface area contributed by atoms with Gasteiger partial charge in [-0.25, -0.2) is 0 Å². The van der Waals surface area contributed by atoms with Gasteiger partial charge in [0.05, 0.1) is 6.10 Å². The van der Waals surface area contributed by atoms with Gasteiger partial charge in [0.15, 0.2) is 0 Å². The van der Waals surface area contributed by atoms with Crippen molar-refractivity contribution in [1.29, 1.82) is 0 Å². The molecule has 19 heavy (non-hydrogen) atoms. The van der Waals surface area contributed by atoms with Crippen molar-refractivity contribution >= 4 is 15.9 Å². The van der Waals surface area contributed by atoms with E-state index in [-0.39, 0.29) is 12.1 Å². The number of aliphatic hydroxyl groups is 1. The predicted molar refractivity (Wildman–Crippen MR) is 84.4 cm³/mol. The molecule has 2 atom stereocenters. The van der Waals surface area contributed by atoms with Crippen LogP contribution >= 0.6 is 15.9 Å². The van der Waals surface area contributed by atoms with E-state index in [1.807, 2.05) is 18.2 Å². The molecule has 0 heterocycles. The zero-order valence-corrected chi connectivity index (χ0v) is 13.7. The Balaban J connectivity index is 2.42. The molecule has 0 aliphatic rings. The monoisotopic (exact) mass is 328 g/mol. The summed E-state index contributed by atoms with van der Waals surface area (Å²) in [4.78, 5) is 2.23. The van der Waals surface area contributed by atoms with E-state index in [0.29, 0.717) is 6.54 Å². The minimum absolute atomic E-state index is 0.224. The van der Waals surface area contributed by atoms with Crippen LogP contribution in [0.15, 0.2) is 28.7 Å². The van der Waals surface area contributed by atoms with Gasteiger partial charge >= 0.3 is 0 Å². The highest BCUT2D eigenvalue weighted by Crippen LogP contribution is 2.22. The highest BCUT2D eigenvalue weighted by Gasteiger charge is 2.12. The van der Waals surface area contributed by atoms with Gasteiger partial charge in [-0.15, -0.1) is 0 Å². The van der Waals surface area contributed by atoms with Gasteiger partial charge in [-0.1, -0.05) is 48.0 Å². The lowest BCUT2D eigenvalue weighted by molar-refractivity contribution is 0.114. The maximum absolute atomic E-state index is 10.0. The molecule has 0 bridgehead atoms. The van der Waals surface area contributed by atoms with Crippen LogP contribution in [0.25, 0.3) is 0 Å². The molecule has 0 saturated heterocycles. The first-order valence-electron chi connectivity index (χ1n) is 6.96. The number of likely N-dealkylation sites (N-methyl/N-ethyl adjacent to an activating group) is 1. The number of nitrogens with one attached hydrogen (secondary N) is 1. The Labute approximate surface area is 125 Å². The third-order valence-electron chi connectivity index (χ3n) is 3.39. The fourth-order valence-corrected chi connectivity index (χ4v) is 2.72. The van der Waals surface area contributed by atoms with Gasteiger partial charge < -0.3 is 15.3 Å². The molecule has 1 aromatic rings. The highest BCUT2D eigenvalue weighted by atomic mass is 79.9. The van der Waals surface area contributed by atoms with Crippen LogP contribution in [0, 0.1) is 0 Å². The normalized spacial score (nSPS) is 14.6. The zero-order valence-electron chi connectivity index (χ0n) is 12.1. The molecule has 4 heteroatoms. The Kier molecular flexibility index (Phi) is 7.61. The Morgan fingerprint density at radius 1 is 1.26 bits per heavy atom. The molecule has 0 fully saturated rings. The summed E-state index contributed by atoms with van der Waals surface area (Å²) < 4.78 is 1.10. The molecule has 0 radical (unpaired) electrons. The van der Waals surface area contributed by atoms with E-state index in [1.165, 1.54) is 5.56 Å². The van der Waals surface area contributed by atoms with Crippen molar-refractivity contribution in [3.63, 3.8) is 0 Å². The van der Waals surface area contributed by atoms with Gasteiger partial charge in [-0.3, -0.25) is 0 Å². The summed E-state index contributed by atoms with van der Waals surface area (Å²) in [5.74, 6) is 0. The average molecular weight is 329 g/mol. The fourth-order valence-electron chi connectivity index (χ4n) is 2.09. The largest absolute Gasteiger partial charge is 0.390 e. The molecule has 0 aliphatic heterocycles. The van der Waals surface area contributed by atoms with Crippen molar-refractivity contribution in [3.05, 3.63) is 34.3 Å². The van der Waals surface area contributed by atoms with Crippen LogP contribution in [0.3, 0.4) is 0 Å². The standard InChI is InChI=1S/C15H25BrN2O/c1-4-18(5-2)11-13(19)10-17-12(3)14-8-6-7-9-15(14)16/h6-9,12-13,17,19H,4-5,10-11H2,1-3H3/t12-,13?/m0/s1. The highest BCUT2D eigenvalue weighted by molar-refractivity contribution is 9.10. The molecule has 0 spiro atoms. The van der Waals surface area contributed by atoms with Gasteiger partial charge in [0.25, 0.3) is 0 Å². The van der Waals surface area contributed by atoms with Gasteiger partial charge in [0, 0.05) is 23.6 Å². The Morgan fingerprint density at radius 2 is 1.89 bits per heavy atom. The smallest absolute Gasteiger partial charge is 0.0791 e. The Bertz CT molecular complexity index is 369. The Morgan fingerprint density at radius 3 is 2.47 bits per heavy atom. The lowest BCUT2D eigenvalue weighted by atomic mass is 10.1.